The van der Waals surface area contributed by atoms with E-state index in [1.54, 1.807) is 24.3 Å². The average Bonchev–Trinajstić information content (AvgIpc) is 3.41. The number of carbonyl (C=O) groups excluding carboxylic acids is 1. The summed E-state index contributed by atoms with van der Waals surface area (Å²) in [5, 5.41) is 13.0. The van der Waals surface area contributed by atoms with Gasteiger partial charge in [-0.3, -0.25) is 0 Å². The summed E-state index contributed by atoms with van der Waals surface area (Å²) in [6.45, 7) is 3.63. The third-order valence-electron chi connectivity index (χ3n) is 8.01. The fraction of sp³-hybridized carbons (Fsp3) is 0.184. The molecule has 0 aromatic heterocycles. The molecule has 1 aliphatic heterocycles. The van der Waals surface area contributed by atoms with Crippen LogP contribution in [0, 0.1) is 0 Å². The van der Waals surface area contributed by atoms with Gasteiger partial charge in [-0.05, 0) is 37.1 Å². The van der Waals surface area contributed by atoms with Gasteiger partial charge in [0.05, 0.1) is 5.56 Å². The molecule has 5 aromatic rings. The van der Waals surface area contributed by atoms with Crippen molar-refractivity contribution in [1.29, 1.82) is 0 Å². The van der Waals surface area contributed by atoms with Crippen LogP contribution in [0.1, 0.15) is 46.5 Å². The summed E-state index contributed by atoms with van der Waals surface area (Å²) < 4.78 is 20.2. The maximum atomic E-state index is 14.0. The molecule has 5 aromatic carbocycles. The van der Waals surface area contributed by atoms with Gasteiger partial charge in [0, 0.05) is 11.1 Å². The third-order valence-corrected chi connectivity index (χ3v) is 8.01. The van der Waals surface area contributed by atoms with Crippen LogP contribution in [0.15, 0.2) is 152 Å². The summed E-state index contributed by atoms with van der Waals surface area (Å²) in [5.41, 5.74) is -0.186. The number of carbonyl (C=O) groups is 1. The minimum atomic E-state index is -1.69. The SMILES string of the molecule is CC1(C)OC(C(OC(=O)c2ccccc2)(c2ccccc2)c2ccccc2)[C@H](C(O)(c2ccccc2)c2ccccc2)O1. The Morgan fingerprint density at radius 1 is 0.581 bits per heavy atom. The first-order valence-electron chi connectivity index (χ1n) is 14.4. The van der Waals surface area contributed by atoms with Crippen molar-refractivity contribution in [3.63, 3.8) is 0 Å². The molecule has 0 spiro atoms. The Balaban J connectivity index is 1.64. The highest BCUT2D eigenvalue weighted by Gasteiger charge is 2.63. The molecule has 1 fully saturated rings. The zero-order valence-corrected chi connectivity index (χ0v) is 24.2. The topological polar surface area (TPSA) is 65.0 Å². The highest BCUT2D eigenvalue weighted by Crippen LogP contribution is 2.52. The zero-order chi connectivity index (χ0) is 29.9. The van der Waals surface area contributed by atoms with Crippen molar-refractivity contribution in [2.45, 2.75) is 43.0 Å². The summed E-state index contributed by atoms with van der Waals surface area (Å²) in [6.07, 6.45) is -2.01. The van der Waals surface area contributed by atoms with E-state index in [9.17, 15) is 9.90 Å². The Bertz CT molecular complexity index is 1560. The predicted molar refractivity (Wildman–Crippen MR) is 165 cm³/mol. The largest absolute Gasteiger partial charge is 0.443 e. The fourth-order valence-electron chi connectivity index (χ4n) is 6.07. The summed E-state index contributed by atoms with van der Waals surface area (Å²) in [7, 11) is 0. The molecule has 1 N–H and O–H groups in total. The molecule has 0 radical (unpaired) electrons. The van der Waals surface area contributed by atoms with E-state index in [2.05, 4.69) is 0 Å². The number of hydrogen-bond donors (Lipinski definition) is 1. The standard InChI is InChI=1S/C38H34O5/c1-36(2)41-33(37(40,29-20-10-4-11-21-29)30-22-12-5-13-23-30)34(42-36)38(31-24-14-6-15-25-31,32-26-16-7-17-27-32)43-35(39)28-18-8-3-9-19-28/h3-27,33-34,40H,1-2H3/t33-,34?/m1/s1. The van der Waals surface area contributed by atoms with E-state index in [-0.39, 0.29) is 0 Å². The van der Waals surface area contributed by atoms with Gasteiger partial charge in [-0.1, -0.05) is 140 Å². The van der Waals surface area contributed by atoms with Crippen molar-refractivity contribution in [3.8, 4) is 0 Å². The molecule has 2 atom stereocenters. The quantitative estimate of drug-likeness (QED) is 0.199. The van der Waals surface area contributed by atoms with Crippen LogP contribution in [0.4, 0.5) is 0 Å². The first kappa shape index (κ1) is 28.6. The van der Waals surface area contributed by atoms with Gasteiger partial charge in [0.2, 0.25) is 0 Å². The van der Waals surface area contributed by atoms with Gasteiger partial charge in [-0.15, -0.1) is 0 Å². The van der Waals surface area contributed by atoms with Crippen molar-refractivity contribution < 1.29 is 24.1 Å². The third kappa shape index (κ3) is 5.28. The second kappa shape index (κ2) is 11.6. The van der Waals surface area contributed by atoms with Crippen molar-refractivity contribution in [1.82, 2.24) is 0 Å². The number of rotatable bonds is 8. The summed E-state index contributed by atoms with van der Waals surface area (Å²) in [5.74, 6) is -1.66. The Morgan fingerprint density at radius 3 is 1.35 bits per heavy atom. The highest BCUT2D eigenvalue weighted by molar-refractivity contribution is 5.90. The van der Waals surface area contributed by atoms with Crippen LogP contribution in [0.5, 0.6) is 0 Å². The molecule has 1 aliphatic rings. The molecule has 1 heterocycles. The molecule has 6 rings (SSSR count). The van der Waals surface area contributed by atoms with E-state index >= 15 is 0 Å². The number of aliphatic hydroxyl groups is 1. The summed E-state index contributed by atoms with van der Waals surface area (Å²) >= 11 is 0. The number of esters is 1. The number of benzene rings is 5. The monoisotopic (exact) mass is 570 g/mol. The molecule has 216 valence electrons. The molecule has 0 bridgehead atoms. The van der Waals surface area contributed by atoms with E-state index in [1.165, 1.54) is 0 Å². The van der Waals surface area contributed by atoms with Crippen LogP contribution in [0.2, 0.25) is 0 Å². The van der Waals surface area contributed by atoms with Crippen LogP contribution < -0.4 is 0 Å². The maximum absolute atomic E-state index is 14.0. The van der Waals surface area contributed by atoms with Crippen molar-refractivity contribution >= 4 is 5.97 Å². The van der Waals surface area contributed by atoms with E-state index in [4.69, 9.17) is 14.2 Å². The maximum Gasteiger partial charge on any atom is 0.339 e. The van der Waals surface area contributed by atoms with Gasteiger partial charge < -0.3 is 19.3 Å². The van der Waals surface area contributed by atoms with Gasteiger partial charge in [0.15, 0.2) is 11.4 Å². The second-order valence-electron chi connectivity index (χ2n) is 11.2. The van der Waals surface area contributed by atoms with Crippen molar-refractivity contribution in [2.24, 2.45) is 0 Å². The molecule has 5 heteroatoms. The van der Waals surface area contributed by atoms with Gasteiger partial charge in [0.1, 0.15) is 17.8 Å². The van der Waals surface area contributed by atoms with Crippen LogP contribution >= 0.6 is 0 Å². The Labute approximate surface area is 252 Å². The molecule has 5 nitrogen and oxygen atoms in total. The molecular weight excluding hydrogens is 536 g/mol. The Kier molecular flexibility index (Phi) is 7.72. The summed E-state index contributed by atoms with van der Waals surface area (Å²) in [6, 6.07) is 46.9. The van der Waals surface area contributed by atoms with E-state index in [0.29, 0.717) is 27.8 Å². The van der Waals surface area contributed by atoms with Crippen LogP contribution in [0.3, 0.4) is 0 Å². The fourth-order valence-corrected chi connectivity index (χ4v) is 6.07. The Morgan fingerprint density at radius 2 is 0.930 bits per heavy atom. The van der Waals surface area contributed by atoms with Crippen LogP contribution in [-0.4, -0.2) is 29.1 Å². The molecule has 1 unspecified atom stereocenters. The molecule has 1 saturated heterocycles. The predicted octanol–water partition coefficient (Wildman–Crippen LogP) is 7.24. The first-order valence-corrected chi connectivity index (χ1v) is 14.4. The van der Waals surface area contributed by atoms with E-state index in [0.717, 1.165) is 0 Å². The minimum absolute atomic E-state index is 0.398. The number of ether oxygens (including phenoxy) is 3. The van der Waals surface area contributed by atoms with Crippen LogP contribution in [-0.2, 0) is 25.4 Å². The number of hydrogen-bond acceptors (Lipinski definition) is 5. The second-order valence-corrected chi connectivity index (χ2v) is 11.2. The molecule has 0 saturated carbocycles. The van der Waals surface area contributed by atoms with Crippen LogP contribution in [0.25, 0.3) is 0 Å². The average molecular weight is 571 g/mol. The van der Waals surface area contributed by atoms with E-state index in [1.807, 2.05) is 141 Å². The molecular formula is C38H34O5. The normalized spacial score (nSPS) is 18.2. The molecule has 0 aliphatic carbocycles. The summed E-state index contributed by atoms with van der Waals surface area (Å²) in [4.78, 5) is 14.0. The lowest BCUT2D eigenvalue weighted by Gasteiger charge is -2.44. The van der Waals surface area contributed by atoms with Gasteiger partial charge in [-0.25, -0.2) is 4.79 Å². The Hall–Kier alpha value is -4.55. The van der Waals surface area contributed by atoms with Gasteiger partial charge >= 0.3 is 5.97 Å². The lowest BCUT2D eigenvalue weighted by Crippen LogP contribution is -2.56. The zero-order valence-electron chi connectivity index (χ0n) is 24.2. The molecule has 43 heavy (non-hydrogen) atoms. The van der Waals surface area contributed by atoms with Crippen molar-refractivity contribution in [2.75, 3.05) is 0 Å². The van der Waals surface area contributed by atoms with Crippen molar-refractivity contribution in [3.05, 3.63) is 179 Å². The first-order chi connectivity index (χ1) is 20.8. The lowest BCUT2D eigenvalue weighted by molar-refractivity contribution is -0.172. The minimum Gasteiger partial charge on any atom is -0.443 e. The lowest BCUT2D eigenvalue weighted by atomic mass is 9.72. The van der Waals surface area contributed by atoms with Gasteiger partial charge in [-0.2, -0.15) is 0 Å². The highest BCUT2D eigenvalue weighted by atomic mass is 16.8. The smallest absolute Gasteiger partial charge is 0.339 e. The van der Waals surface area contributed by atoms with E-state index < -0.39 is 35.2 Å². The van der Waals surface area contributed by atoms with Gasteiger partial charge in [0.25, 0.3) is 0 Å². The molecule has 0 amide bonds.